The maximum absolute atomic E-state index is 14.0. The predicted molar refractivity (Wildman–Crippen MR) is 98.4 cm³/mol. The zero-order chi connectivity index (χ0) is 17.9. The number of aromatic nitrogens is 3. The van der Waals surface area contributed by atoms with E-state index in [1.54, 1.807) is 12.4 Å². The Hall–Kier alpha value is -2.51. The van der Waals surface area contributed by atoms with Crippen molar-refractivity contribution in [3.05, 3.63) is 54.2 Å². The van der Waals surface area contributed by atoms with Crippen LogP contribution in [0.25, 0.3) is 11.0 Å². The number of halogens is 1. The summed E-state index contributed by atoms with van der Waals surface area (Å²) in [6.45, 7) is 2.99. The normalized spacial score (nSPS) is 18.5. The highest BCUT2D eigenvalue weighted by molar-refractivity contribution is 5.87. The maximum Gasteiger partial charge on any atom is 0.142 e. The molecule has 7 heteroatoms. The second-order valence-corrected chi connectivity index (χ2v) is 6.61. The molecule has 1 atom stereocenters. The Morgan fingerprint density at radius 1 is 1.19 bits per heavy atom. The van der Waals surface area contributed by atoms with E-state index >= 15 is 0 Å². The molecule has 0 bridgehead atoms. The van der Waals surface area contributed by atoms with E-state index < -0.39 is 0 Å². The number of nitrogens with zero attached hydrogens (tertiary/aromatic N) is 4. The van der Waals surface area contributed by atoms with E-state index in [1.165, 1.54) is 6.07 Å². The topological polar surface area (TPSA) is 68.3 Å². The first-order chi connectivity index (χ1) is 12.8. The Kier molecular flexibility index (Phi) is 4.81. The van der Waals surface area contributed by atoms with Gasteiger partial charge in [-0.2, -0.15) is 0 Å². The van der Waals surface area contributed by atoms with Crippen molar-refractivity contribution in [3.63, 3.8) is 0 Å². The van der Waals surface area contributed by atoms with Gasteiger partial charge in [0.05, 0.1) is 5.39 Å². The minimum Gasteiger partial charge on any atom is -0.396 e. The van der Waals surface area contributed by atoms with Crippen LogP contribution < -0.4 is 4.90 Å². The predicted octanol–water partition coefficient (Wildman–Crippen LogP) is 2.17. The van der Waals surface area contributed by atoms with Crippen molar-refractivity contribution < 1.29 is 9.50 Å². The zero-order valence-corrected chi connectivity index (χ0v) is 14.5. The van der Waals surface area contributed by atoms with Gasteiger partial charge in [-0.3, -0.25) is 4.90 Å². The molecule has 1 aliphatic heterocycles. The van der Waals surface area contributed by atoms with Gasteiger partial charge in [-0.25, -0.2) is 14.4 Å². The summed E-state index contributed by atoms with van der Waals surface area (Å²) in [5.41, 5.74) is 1.52. The van der Waals surface area contributed by atoms with Crippen LogP contribution in [0.1, 0.15) is 12.0 Å². The van der Waals surface area contributed by atoms with E-state index in [1.807, 2.05) is 24.4 Å². The van der Waals surface area contributed by atoms with Crippen LogP contribution in [-0.4, -0.2) is 57.2 Å². The third-order valence-corrected chi connectivity index (χ3v) is 5.03. The second kappa shape index (κ2) is 7.39. The monoisotopic (exact) mass is 355 g/mol. The quantitative estimate of drug-likeness (QED) is 0.734. The summed E-state index contributed by atoms with van der Waals surface area (Å²) in [6.07, 6.45) is 4.08. The first-order valence-electron chi connectivity index (χ1n) is 8.87. The van der Waals surface area contributed by atoms with E-state index in [0.717, 1.165) is 36.5 Å². The van der Waals surface area contributed by atoms with Gasteiger partial charge in [0.15, 0.2) is 0 Å². The number of aliphatic hydroxyl groups excluding tert-OH is 1. The number of benzene rings is 1. The number of fused-ring (bicyclic) bond motifs is 1. The maximum atomic E-state index is 14.0. The number of H-pyrrole nitrogens is 1. The van der Waals surface area contributed by atoms with Crippen molar-refractivity contribution in [3.8, 4) is 0 Å². The largest absolute Gasteiger partial charge is 0.396 e. The molecular formula is C19H22FN5O. The molecule has 0 radical (unpaired) electrons. The van der Waals surface area contributed by atoms with Gasteiger partial charge in [0.2, 0.25) is 0 Å². The number of rotatable bonds is 5. The van der Waals surface area contributed by atoms with E-state index in [0.29, 0.717) is 18.5 Å². The average Bonchev–Trinajstić information content (AvgIpc) is 3.14. The van der Waals surface area contributed by atoms with Crippen molar-refractivity contribution in [1.82, 2.24) is 19.9 Å². The Balaban J connectivity index is 1.55. The molecule has 0 spiro atoms. The van der Waals surface area contributed by atoms with Crippen LogP contribution in [0.3, 0.4) is 0 Å². The molecule has 3 heterocycles. The van der Waals surface area contributed by atoms with Crippen LogP contribution in [0.15, 0.2) is 42.9 Å². The fraction of sp³-hybridized carbons (Fsp3) is 0.368. The van der Waals surface area contributed by atoms with Gasteiger partial charge in [0, 0.05) is 50.6 Å². The highest BCUT2D eigenvalue weighted by Crippen LogP contribution is 2.26. The Bertz CT molecular complexity index is 883. The van der Waals surface area contributed by atoms with Crippen molar-refractivity contribution in [2.24, 2.45) is 0 Å². The Morgan fingerprint density at radius 3 is 2.92 bits per heavy atom. The molecule has 26 heavy (non-hydrogen) atoms. The van der Waals surface area contributed by atoms with Crippen molar-refractivity contribution in [2.45, 2.75) is 19.0 Å². The summed E-state index contributed by atoms with van der Waals surface area (Å²) in [5, 5.41) is 10.5. The SMILES string of the molecule is OCCC1CN(c2ncnc3[nH]ccc23)CCN1Cc1ccccc1F. The molecule has 2 N–H and O–H groups in total. The highest BCUT2D eigenvalue weighted by atomic mass is 19.1. The van der Waals surface area contributed by atoms with Crippen LogP contribution in [0.5, 0.6) is 0 Å². The number of anilines is 1. The molecule has 3 aromatic rings. The van der Waals surface area contributed by atoms with Crippen LogP contribution >= 0.6 is 0 Å². The third kappa shape index (κ3) is 3.27. The molecular weight excluding hydrogens is 333 g/mol. The molecule has 136 valence electrons. The summed E-state index contributed by atoms with van der Waals surface area (Å²) < 4.78 is 14.0. The summed E-state index contributed by atoms with van der Waals surface area (Å²) in [5.74, 6) is 0.729. The smallest absolute Gasteiger partial charge is 0.142 e. The van der Waals surface area contributed by atoms with Crippen molar-refractivity contribution in [2.75, 3.05) is 31.1 Å². The van der Waals surface area contributed by atoms with E-state index in [4.69, 9.17) is 0 Å². The molecule has 0 aliphatic carbocycles. The van der Waals surface area contributed by atoms with E-state index in [2.05, 4.69) is 24.8 Å². The van der Waals surface area contributed by atoms with Gasteiger partial charge in [-0.05, 0) is 18.6 Å². The van der Waals surface area contributed by atoms with Gasteiger partial charge in [0.1, 0.15) is 23.6 Å². The van der Waals surface area contributed by atoms with Crippen molar-refractivity contribution >= 4 is 16.9 Å². The number of hydrogen-bond acceptors (Lipinski definition) is 5. The summed E-state index contributed by atoms with van der Waals surface area (Å²) >= 11 is 0. The van der Waals surface area contributed by atoms with Gasteiger partial charge < -0.3 is 15.0 Å². The summed E-state index contributed by atoms with van der Waals surface area (Å²) in [4.78, 5) is 16.3. The minimum atomic E-state index is -0.178. The first kappa shape index (κ1) is 16.9. The third-order valence-electron chi connectivity index (χ3n) is 5.03. The lowest BCUT2D eigenvalue weighted by atomic mass is 10.1. The zero-order valence-electron chi connectivity index (χ0n) is 14.5. The van der Waals surface area contributed by atoms with E-state index in [9.17, 15) is 9.50 Å². The summed E-state index contributed by atoms with van der Waals surface area (Å²) in [6, 6.07) is 9.01. The number of piperazine rings is 1. The minimum absolute atomic E-state index is 0.107. The molecule has 1 aliphatic rings. The fourth-order valence-electron chi connectivity index (χ4n) is 3.67. The molecule has 1 aromatic carbocycles. The van der Waals surface area contributed by atoms with Gasteiger partial charge in [-0.15, -0.1) is 0 Å². The molecule has 1 fully saturated rings. The lowest BCUT2D eigenvalue weighted by molar-refractivity contribution is 0.134. The van der Waals surface area contributed by atoms with Gasteiger partial charge >= 0.3 is 0 Å². The molecule has 0 amide bonds. The van der Waals surface area contributed by atoms with Crippen LogP contribution in [0, 0.1) is 5.82 Å². The van der Waals surface area contributed by atoms with Crippen LogP contribution in [0.2, 0.25) is 0 Å². The molecule has 0 saturated carbocycles. The molecule has 1 saturated heterocycles. The number of aromatic amines is 1. The summed E-state index contributed by atoms with van der Waals surface area (Å²) in [7, 11) is 0. The fourth-order valence-corrected chi connectivity index (χ4v) is 3.67. The number of aliphatic hydroxyl groups is 1. The number of hydrogen-bond donors (Lipinski definition) is 2. The van der Waals surface area contributed by atoms with Crippen LogP contribution in [-0.2, 0) is 6.54 Å². The van der Waals surface area contributed by atoms with Gasteiger partial charge in [0.25, 0.3) is 0 Å². The standard InChI is InChI=1S/C19H22FN5O/c20-17-4-2-1-3-14(17)11-24-8-9-25(12-15(24)6-10-26)19-16-5-7-21-18(16)22-13-23-19/h1-5,7,13,15,26H,6,8-12H2,(H,21,22,23). The molecule has 4 rings (SSSR count). The highest BCUT2D eigenvalue weighted by Gasteiger charge is 2.28. The molecule has 1 unspecified atom stereocenters. The first-order valence-corrected chi connectivity index (χ1v) is 8.87. The van der Waals surface area contributed by atoms with Crippen LogP contribution in [0.4, 0.5) is 10.2 Å². The second-order valence-electron chi connectivity index (χ2n) is 6.61. The average molecular weight is 355 g/mol. The van der Waals surface area contributed by atoms with Gasteiger partial charge in [-0.1, -0.05) is 18.2 Å². The molecule has 2 aromatic heterocycles. The lowest BCUT2D eigenvalue weighted by Crippen LogP contribution is -2.53. The lowest BCUT2D eigenvalue weighted by Gasteiger charge is -2.42. The van der Waals surface area contributed by atoms with E-state index in [-0.39, 0.29) is 18.5 Å². The molecule has 6 nitrogen and oxygen atoms in total. The van der Waals surface area contributed by atoms with Crippen molar-refractivity contribution in [1.29, 1.82) is 0 Å². The number of nitrogens with one attached hydrogen (secondary N) is 1. The Morgan fingerprint density at radius 2 is 2.08 bits per heavy atom. The Labute approximate surface area is 151 Å².